The van der Waals surface area contributed by atoms with Crippen molar-refractivity contribution in [1.82, 2.24) is 4.98 Å². The molecule has 6 heteroatoms. The van der Waals surface area contributed by atoms with Crippen molar-refractivity contribution in [2.75, 3.05) is 18.6 Å². The summed E-state index contributed by atoms with van der Waals surface area (Å²) >= 11 is 0. The Morgan fingerprint density at radius 1 is 1.44 bits per heavy atom. The molecule has 0 N–H and O–H groups in total. The lowest BCUT2D eigenvalue weighted by molar-refractivity contribution is 0.102. The summed E-state index contributed by atoms with van der Waals surface area (Å²) in [5, 5.41) is 0. The van der Waals surface area contributed by atoms with Crippen LogP contribution in [0.4, 0.5) is 0 Å². The Kier molecular flexibility index (Phi) is 4.00. The highest BCUT2D eigenvalue weighted by Gasteiger charge is 2.14. The second-order valence-electron chi connectivity index (χ2n) is 3.34. The quantitative estimate of drug-likeness (QED) is 0.712. The lowest BCUT2D eigenvalue weighted by Crippen LogP contribution is -2.14. The van der Waals surface area contributed by atoms with Crippen LogP contribution < -0.4 is 4.74 Å². The Labute approximate surface area is 94.4 Å². The average molecular weight is 243 g/mol. The Bertz CT molecular complexity index is 481. The van der Waals surface area contributed by atoms with Crippen molar-refractivity contribution in [2.24, 2.45) is 0 Å². The molecule has 88 valence electrons. The molecule has 1 aromatic rings. The van der Waals surface area contributed by atoms with Crippen LogP contribution in [0.5, 0.6) is 5.75 Å². The molecule has 0 aromatic carbocycles. The summed E-state index contributed by atoms with van der Waals surface area (Å²) < 4.78 is 27.1. The van der Waals surface area contributed by atoms with Crippen LogP contribution in [0.1, 0.15) is 17.3 Å². The second kappa shape index (κ2) is 5.07. The van der Waals surface area contributed by atoms with Gasteiger partial charge in [0, 0.05) is 18.0 Å². The van der Waals surface area contributed by atoms with Gasteiger partial charge in [0.2, 0.25) is 0 Å². The van der Waals surface area contributed by atoms with Gasteiger partial charge in [-0.25, -0.2) is 8.42 Å². The number of nitrogens with zero attached hydrogens (tertiary/aromatic N) is 1. The summed E-state index contributed by atoms with van der Waals surface area (Å²) in [5.74, 6) is -0.525. The van der Waals surface area contributed by atoms with Crippen LogP contribution in [0, 0.1) is 0 Å². The third-order valence-electron chi connectivity index (χ3n) is 1.74. The fourth-order valence-corrected chi connectivity index (χ4v) is 1.78. The van der Waals surface area contributed by atoms with Crippen molar-refractivity contribution in [3.63, 3.8) is 0 Å². The number of Topliss-reactive ketones (excluding diaryl/α,β-unsaturated/α-hetero) is 1. The highest BCUT2D eigenvalue weighted by molar-refractivity contribution is 7.91. The number of ether oxygens (including phenoxy) is 1. The number of sulfone groups is 1. The zero-order valence-electron chi connectivity index (χ0n) is 9.13. The number of aromatic nitrogens is 1. The van der Waals surface area contributed by atoms with Crippen LogP contribution in [0.2, 0.25) is 0 Å². The van der Waals surface area contributed by atoms with Gasteiger partial charge in [0.25, 0.3) is 0 Å². The number of carbonyl (C=O) groups is 1. The number of rotatable bonds is 5. The topological polar surface area (TPSA) is 73.3 Å². The molecule has 0 spiro atoms. The fourth-order valence-electron chi connectivity index (χ4n) is 1.14. The van der Waals surface area contributed by atoms with Gasteiger partial charge >= 0.3 is 0 Å². The summed E-state index contributed by atoms with van der Waals surface area (Å²) in [6.45, 7) is 2.27. The molecule has 0 bridgehead atoms. The predicted molar refractivity (Wildman–Crippen MR) is 59.4 cm³/mol. The Balaban J connectivity index is 2.87. The molecule has 0 unspecified atom stereocenters. The van der Waals surface area contributed by atoms with Gasteiger partial charge in [-0.15, -0.1) is 0 Å². The Morgan fingerprint density at radius 3 is 2.69 bits per heavy atom. The lowest BCUT2D eigenvalue weighted by atomic mass is 10.2. The van der Waals surface area contributed by atoms with Crippen LogP contribution in [-0.4, -0.2) is 37.8 Å². The number of pyridine rings is 1. The number of hydrogen-bond donors (Lipinski definition) is 0. The zero-order chi connectivity index (χ0) is 12.2. The van der Waals surface area contributed by atoms with Gasteiger partial charge in [-0.3, -0.25) is 9.78 Å². The summed E-state index contributed by atoms with van der Waals surface area (Å²) in [4.78, 5) is 15.4. The maximum atomic E-state index is 11.5. The molecule has 0 atom stereocenters. The van der Waals surface area contributed by atoms with E-state index in [9.17, 15) is 13.2 Å². The molecule has 1 heterocycles. The first-order valence-corrected chi connectivity index (χ1v) is 6.77. The first-order chi connectivity index (χ1) is 7.42. The molecule has 0 amide bonds. The van der Waals surface area contributed by atoms with E-state index in [-0.39, 0.29) is 5.56 Å². The van der Waals surface area contributed by atoms with E-state index in [1.807, 2.05) is 6.92 Å². The summed E-state index contributed by atoms with van der Waals surface area (Å²) in [6.07, 6.45) is 3.82. The number of ketones is 1. The van der Waals surface area contributed by atoms with Gasteiger partial charge < -0.3 is 4.74 Å². The monoisotopic (exact) mass is 243 g/mol. The molecule has 5 nitrogen and oxygen atoms in total. The third-order valence-corrected chi connectivity index (χ3v) is 2.53. The van der Waals surface area contributed by atoms with Crippen molar-refractivity contribution in [3.8, 4) is 5.75 Å². The average Bonchev–Trinajstić information content (AvgIpc) is 2.16. The normalized spacial score (nSPS) is 11.1. The molecule has 0 saturated heterocycles. The van der Waals surface area contributed by atoms with Gasteiger partial charge in [0.1, 0.15) is 11.5 Å². The predicted octanol–water partition coefficient (Wildman–Crippen LogP) is 0.708. The minimum Gasteiger partial charge on any atom is -0.492 e. The van der Waals surface area contributed by atoms with Crippen LogP contribution in [0.25, 0.3) is 0 Å². The van der Waals surface area contributed by atoms with Crippen molar-refractivity contribution in [2.45, 2.75) is 6.92 Å². The Hall–Kier alpha value is -1.43. The number of hydrogen-bond acceptors (Lipinski definition) is 5. The molecular weight excluding hydrogens is 230 g/mol. The van der Waals surface area contributed by atoms with Crippen LogP contribution in [0.15, 0.2) is 18.5 Å². The van der Waals surface area contributed by atoms with Gasteiger partial charge in [-0.1, -0.05) is 0 Å². The second-order valence-corrected chi connectivity index (χ2v) is 5.48. The molecule has 1 aromatic heterocycles. The first kappa shape index (κ1) is 12.6. The molecule has 0 aliphatic carbocycles. The van der Waals surface area contributed by atoms with Gasteiger partial charge in [-0.2, -0.15) is 0 Å². The molecular formula is C10H13NO4S. The molecule has 0 aliphatic rings. The number of carbonyl (C=O) groups excluding carboxylic acids is 1. The maximum absolute atomic E-state index is 11.5. The van der Waals surface area contributed by atoms with E-state index in [4.69, 9.17) is 4.74 Å². The zero-order valence-corrected chi connectivity index (χ0v) is 9.95. The largest absolute Gasteiger partial charge is 0.492 e. The van der Waals surface area contributed by atoms with Crippen LogP contribution in [-0.2, 0) is 9.84 Å². The van der Waals surface area contributed by atoms with E-state index >= 15 is 0 Å². The first-order valence-electron chi connectivity index (χ1n) is 4.71. The smallest absolute Gasteiger partial charge is 0.179 e. The van der Waals surface area contributed by atoms with Crippen molar-refractivity contribution in [1.29, 1.82) is 0 Å². The van der Waals surface area contributed by atoms with Crippen LogP contribution in [0.3, 0.4) is 0 Å². The van der Waals surface area contributed by atoms with E-state index in [1.165, 1.54) is 18.5 Å². The fraction of sp³-hybridized carbons (Fsp3) is 0.400. The minimum absolute atomic E-state index is 0.247. The summed E-state index contributed by atoms with van der Waals surface area (Å²) in [7, 11) is -3.31. The molecule has 0 saturated carbocycles. The highest BCUT2D eigenvalue weighted by Crippen LogP contribution is 2.12. The van der Waals surface area contributed by atoms with Crippen LogP contribution >= 0.6 is 0 Å². The Morgan fingerprint density at radius 2 is 2.12 bits per heavy atom. The van der Waals surface area contributed by atoms with Gasteiger partial charge in [0.05, 0.1) is 12.8 Å². The van der Waals surface area contributed by atoms with E-state index in [1.54, 1.807) is 0 Å². The lowest BCUT2D eigenvalue weighted by Gasteiger charge is -2.04. The van der Waals surface area contributed by atoms with Crippen molar-refractivity contribution >= 4 is 15.6 Å². The summed E-state index contributed by atoms with van der Waals surface area (Å²) in [5.41, 5.74) is 0.247. The molecule has 0 fully saturated rings. The van der Waals surface area contributed by atoms with Crippen molar-refractivity contribution < 1.29 is 17.9 Å². The highest BCUT2D eigenvalue weighted by atomic mass is 32.2. The van der Waals surface area contributed by atoms with Crippen molar-refractivity contribution in [3.05, 3.63) is 24.0 Å². The SMILES string of the molecule is CCOc1cncc(C(=O)CS(C)(=O)=O)c1. The third kappa shape index (κ3) is 3.98. The van der Waals surface area contributed by atoms with E-state index in [0.29, 0.717) is 12.4 Å². The summed E-state index contributed by atoms with van der Waals surface area (Å²) in [6, 6.07) is 1.49. The maximum Gasteiger partial charge on any atom is 0.179 e. The standard InChI is InChI=1S/C10H13NO4S/c1-3-15-9-4-8(5-11-6-9)10(12)7-16(2,13)14/h4-6H,3,7H2,1-2H3. The minimum atomic E-state index is -3.31. The molecule has 0 radical (unpaired) electrons. The van der Waals surface area contributed by atoms with Gasteiger partial charge in [0.15, 0.2) is 15.6 Å². The van der Waals surface area contributed by atoms with E-state index in [0.717, 1.165) is 6.26 Å². The molecule has 1 rings (SSSR count). The van der Waals surface area contributed by atoms with E-state index in [2.05, 4.69) is 4.98 Å². The van der Waals surface area contributed by atoms with Gasteiger partial charge in [-0.05, 0) is 13.0 Å². The van der Waals surface area contributed by atoms with E-state index < -0.39 is 21.4 Å². The molecule has 0 aliphatic heterocycles. The molecule has 16 heavy (non-hydrogen) atoms.